The molecule has 2 rings (SSSR count). The van der Waals surface area contributed by atoms with Crippen LogP contribution in [0.25, 0.3) is 0 Å². The van der Waals surface area contributed by atoms with Gasteiger partial charge in [0.15, 0.2) is 0 Å². The van der Waals surface area contributed by atoms with Crippen LogP contribution in [-0.2, 0) is 0 Å². The van der Waals surface area contributed by atoms with E-state index in [2.05, 4.69) is 17.5 Å². The lowest BCUT2D eigenvalue weighted by molar-refractivity contribution is 0.239. The first-order chi connectivity index (χ1) is 7.68. The molecule has 0 aromatic rings. The number of urea groups is 1. The van der Waals surface area contributed by atoms with Crippen molar-refractivity contribution in [2.75, 3.05) is 0 Å². The number of hydrazone groups is 1. The fourth-order valence-electron chi connectivity index (χ4n) is 3.23. The number of carbonyl (C=O) groups is 1. The van der Waals surface area contributed by atoms with Gasteiger partial charge < -0.3 is 5.73 Å². The number of fused-ring (bicyclic) bond motifs is 1. The highest BCUT2D eigenvalue weighted by Crippen LogP contribution is 2.40. The summed E-state index contributed by atoms with van der Waals surface area (Å²) in [6.45, 7) is 2.20. The number of hydrogen-bond donors (Lipinski definition) is 2. The van der Waals surface area contributed by atoms with Gasteiger partial charge >= 0.3 is 6.03 Å². The summed E-state index contributed by atoms with van der Waals surface area (Å²) in [5.74, 6) is 1.87. The molecule has 4 heteroatoms. The molecule has 0 heterocycles. The molecule has 0 aromatic carbocycles. The number of carbonyl (C=O) groups excluding carboxylic acids is 1. The monoisotopic (exact) mass is 223 g/mol. The number of amides is 2. The van der Waals surface area contributed by atoms with E-state index in [1.807, 2.05) is 0 Å². The van der Waals surface area contributed by atoms with E-state index in [0.29, 0.717) is 11.8 Å². The molecule has 2 aliphatic carbocycles. The summed E-state index contributed by atoms with van der Waals surface area (Å²) in [6.07, 6.45) is 7.72. The highest BCUT2D eigenvalue weighted by Gasteiger charge is 2.35. The Hall–Kier alpha value is -1.06. The molecule has 3 unspecified atom stereocenters. The Bertz CT molecular complexity index is 301. The Morgan fingerprint density at radius 1 is 1.31 bits per heavy atom. The molecular formula is C12H21N3O. The van der Waals surface area contributed by atoms with Gasteiger partial charge in [-0.1, -0.05) is 19.8 Å². The standard InChI is InChI=1S/C12H21N3O/c1-8-6-7-9-4-2-3-5-10(9)11(8)14-15-12(13)16/h8-10H,2-7H2,1H3,(H3,13,15,16)/b14-11+. The molecule has 0 aliphatic heterocycles. The number of nitrogens with two attached hydrogens (primary N) is 1. The van der Waals surface area contributed by atoms with Gasteiger partial charge in [0.1, 0.15) is 0 Å². The topological polar surface area (TPSA) is 67.5 Å². The predicted molar refractivity (Wildman–Crippen MR) is 64.0 cm³/mol. The van der Waals surface area contributed by atoms with Crippen LogP contribution >= 0.6 is 0 Å². The fourth-order valence-corrected chi connectivity index (χ4v) is 3.23. The molecule has 0 radical (unpaired) electrons. The summed E-state index contributed by atoms with van der Waals surface area (Å²) >= 11 is 0. The van der Waals surface area contributed by atoms with Gasteiger partial charge in [0.05, 0.1) is 0 Å². The lowest BCUT2D eigenvalue weighted by Crippen LogP contribution is -2.38. The molecule has 0 aromatic heterocycles. The molecule has 90 valence electrons. The average Bonchev–Trinajstić information content (AvgIpc) is 2.27. The molecule has 2 amide bonds. The first-order valence-corrected chi connectivity index (χ1v) is 6.31. The average molecular weight is 223 g/mol. The van der Waals surface area contributed by atoms with Gasteiger partial charge in [-0.3, -0.25) is 0 Å². The van der Waals surface area contributed by atoms with Gasteiger partial charge in [-0.05, 0) is 37.5 Å². The molecule has 0 spiro atoms. The van der Waals surface area contributed by atoms with Crippen LogP contribution in [0.5, 0.6) is 0 Å². The minimum absolute atomic E-state index is 0.492. The van der Waals surface area contributed by atoms with Crippen LogP contribution < -0.4 is 11.2 Å². The summed E-state index contributed by atoms with van der Waals surface area (Å²) < 4.78 is 0. The van der Waals surface area contributed by atoms with E-state index >= 15 is 0 Å². The van der Waals surface area contributed by atoms with Crippen molar-refractivity contribution < 1.29 is 4.79 Å². The third kappa shape index (κ3) is 2.36. The summed E-state index contributed by atoms with van der Waals surface area (Å²) in [6, 6.07) is -0.558. The SMILES string of the molecule is CC1CCC2CCCCC2/C1=N/NC(N)=O. The molecule has 3 atom stereocenters. The maximum atomic E-state index is 10.7. The zero-order valence-corrected chi connectivity index (χ0v) is 9.91. The molecule has 0 saturated heterocycles. The predicted octanol–water partition coefficient (Wildman–Crippen LogP) is 2.25. The van der Waals surface area contributed by atoms with E-state index in [4.69, 9.17) is 5.73 Å². The van der Waals surface area contributed by atoms with Crippen molar-refractivity contribution in [2.45, 2.75) is 45.4 Å². The highest BCUT2D eigenvalue weighted by molar-refractivity contribution is 5.90. The van der Waals surface area contributed by atoms with E-state index in [-0.39, 0.29) is 0 Å². The van der Waals surface area contributed by atoms with Gasteiger partial charge in [0.2, 0.25) is 0 Å². The fraction of sp³-hybridized carbons (Fsp3) is 0.833. The minimum atomic E-state index is -0.558. The molecule has 4 nitrogen and oxygen atoms in total. The van der Waals surface area contributed by atoms with Crippen LogP contribution in [0.3, 0.4) is 0 Å². The van der Waals surface area contributed by atoms with Gasteiger partial charge in [-0.2, -0.15) is 5.10 Å². The van der Waals surface area contributed by atoms with Crippen molar-refractivity contribution in [1.29, 1.82) is 0 Å². The highest BCUT2D eigenvalue weighted by atomic mass is 16.2. The minimum Gasteiger partial charge on any atom is -0.350 e. The molecule has 2 saturated carbocycles. The number of rotatable bonds is 1. The third-order valence-electron chi connectivity index (χ3n) is 4.06. The Morgan fingerprint density at radius 2 is 2.06 bits per heavy atom. The Balaban J connectivity index is 2.11. The zero-order chi connectivity index (χ0) is 11.5. The molecule has 2 fully saturated rings. The van der Waals surface area contributed by atoms with Crippen molar-refractivity contribution in [1.82, 2.24) is 5.43 Å². The summed E-state index contributed by atoms with van der Waals surface area (Å²) in [5.41, 5.74) is 8.65. The second-order valence-electron chi connectivity index (χ2n) is 5.14. The van der Waals surface area contributed by atoms with Crippen molar-refractivity contribution in [2.24, 2.45) is 28.6 Å². The molecule has 2 aliphatic rings. The van der Waals surface area contributed by atoms with Gasteiger partial charge in [0, 0.05) is 11.6 Å². The second kappa shape index (κ2) is 4.85. The Labute approximate surface area is 96.7 Å². The van der Waals surface area contributed by atoms with E-state index < -0.39 is 6.03 Å². The number of hydrogen-bond acceptors (Lipinski definition) is 2. The summed E-state index contributed by atoms with van der Waals surface area (Å²) in [4.78, 5) is 10.7. The van der Waals surface area contributed by atoms with Crippen molar-refractivity contribution >= 4 is 11.7 Å². The van der Waals surface area contributed by atoms with Crippen molar-refractivity contribution in [3.63, 3.8) is 0 Å². The van der Waals surface area contributed by atoms with Crippen molar-refractivity contribution in [3.8, 4) is 0 Å². The van der Waals surface area contributed by atoms with Crippen LogP contribution in [0.1, 0.15) is 45.4 Å². The van der Waals surface area contributed by atoms with Crippen LogP contribution in [0.4, 0.5) is 4.79 Å². The lowest BCUT2D eigenvalue weighted by Gasteiger charge is -2.39. The normalized spacial score (nSPS) is 36.8. The van der Waals surface area contributed by atoms with Crippen LogP contribution in [-0.4, -0.2) is 11.7 Å². The third-order valence-corrected chi connectivity index (χ3v) is 4.06. The van der Waals surface area contributed by atoms with Gasteiger partial charge in [-0.25, -0.2) is 10.2 Å². The lowest BCUT2D eigenvalue weighted by atomic mass is 9.67. The quantitative estimate of drug-likeness (QED) is 0.658. The Morgan fingerprint density at radius 3 is 2.81 bits per heavy atom. The van der Waals surface area contributed by atoms with E-state index in [9.17, 15) is 4.79 Å². The number of nitrogens with zero attached hydrogens (tertiary/aromatic N) is 1. The van der Waals surface area contributed by atoms with E-state index in [1.165, 1.54) is 44.2 Å². The first kappa shape index (κ1) is 11.4. The van der Waals surface area contributed by atoms with Gasteiger partial charge in [0.25, 0.3) is 0 Å². The van der Waals surface area contributed by atoms with Crippen molar-refractivity contribution in [3.05, 3.63) is 0 Å². The van der Waals surface area contributed by atoms with E-state index in [0.717, 1.165) is 5.92 Å². The number of primary amides is 1. The smallest absolute Gasteiger partial charge is 0.332 e. The van der Waals surface area contributed by atoms with Crippen LogP contribution in [0.15, 0.2) is 5.10 Å². The van der Waals surface area contributed by atoms with Gasteiger partial charge in [-0.15, -0.1) is 0 Å². The van der Waals surface area contributed by atoms with E-state index in [1.54, 1.807) is 0 Å². The molecule has 0 bridgehead atoms. The maximum absolute atomic E-state index is 10.7. The summed E-state index contributed by atoms with van der Waals surface area (Å²) in [7, 11) is 0. The van der Waals surface area contributed by atoms with Crippen LogP contribution in [0, 0.1) is 17.8 Å². The first-order valence-electron chi connectivity index (χ1n) is 6.31. The molecular weight excluding hydrogens is 202 g/mol. The Kier molecular flexibility index (Phi) is 3.46. The molecule has 3 N–H and O–H groups in total. The largest absolute Gasteiger partial charge is 0.350 e. The second-order valence-corrected chi connectivity index (χ2v) is 5.14. The summed E-state index contributed by atoms with van der Waals surface area (Å²) in [5, 5.41) is 4.24. The zero-order valence-electron chi connectivity index (χ0n) is 9.91. The molecule has 16 heavy (non-hydrogen) atoms. The number of nitrogens with one attached hydrogen (secondary N) is 1. The maximum Gasteiger partial charge on any atom is 0.332 e. The van der Waals surface area contributed by atoms with Crippen LogP contribution in [0.2, 0.25) is 0 Å².